The van der Waals surface area contributed by atoms with Crippen LogP contribution in [0.2, 0.25) is 0 Å². The molecule has 1 aromatic rings. The standard InChI is InChI=1S/C15H25NO3/c1-17-9-10-19-8-7-14(12-16)11-13-3-5-15(18-2)6-4-13/h3-6,14H,7-12,16H2,1-2H3. The number of rotatable bonds is 10. The fourth-order valence-corrected chi connectivity index (χ4v) is 1.89. The zero-order valence-electron chi connectivity index (χ0n) is 11.9. The Kier molecular flexibility index (Phi) is 8.21. The molecule has 0 fully saturated rings. The second kappa shape index (κ2) is 9.78. The lowest BCUT2D eigenvalue weighted by atomic mass is 9.96. The molecule has 19 heavy (non-hydrogen) atoms. The highest BCUT2D eigenvalue weighted by atomic mass is 16.5. The van der Waals surface area contributed by atoms with Crippen molar-refractivity contribution in [2.75, 3.05) is 40.6 Å². The molecule has 2 N–H and O–H groups in total. The minimum Gasteiger partial charge on any atom is -0.497 e. The Morgan fingerprint density at radius 2 is 1.79 bits per heavy atom. The van der Waals surface area contributed by atoms with Crippen LogP contribution in [0.15, 0.2) is 24.3 Å². The van der Waals surface area contributed by atoms with Gasteiger partial charge in [0.25, 0.3) is 0 Å². The number of nitrogens with two attached hydrogens (primary N) is 1. The molecule has 0 saturated carbocycles. The summed E-state index contributed by atoms with van der Waals surface area (Å²) in [6, 6.07) is 8.15. The van der Waals surface area contributed by atoms with Gasteiger partial charge in [-0.15, -0.1) is 0 Å². The van der Waals surface area contributed by atoms with Gasteiger partial charge in [-0.05, 0) is 43.0 Å². The van der Waals surface area contributed by atoms with Gasteiger partial charge >= 0.3 is 0 Å². The molecular formula is C15H25NO3. The zero-order valence-corrected chi connectivity index (χ0v) is 11.9. The second-order valence-corrected chi connectivity index (χ2v) is 4.55. The summed E-state index contributed by atoms with van der Waals surface area (Å²) in [7, 11) is 3.35. The van der Waals surface area contributed by atoms with Crippen molar-refractivity contribution in [3.05, 3.63) is 29.8 Å². The molecular weight excluding hydrogens is 242 g/mol. The Labute approximate surface area is 115 Å². The van der Waals surface area contributed by atoms with Crippen LogP contribution in [-0.4, -0.2) is 40.6 Å². The molecule has 0 aliphatic rings. The van der Waals surface area contributed by atoms with Crippen LogP contribution in [0.3, 0.4) is 0 Å². The van der Waals surface area contributed by atoms with E-state index in [-0.39, 0.29) is 0 Å². The minimum absolute atomic E-state index is 0.455. The third-order valence-electron chi connectivity index (χ3n) is 3.12. The Bertz CT molecular complexity index is 327. The van der Waals surface area contributed by atoms with E-state index in [0.717, 1.165) is 25.2 Å². The maximum Gasteiger partial charge on any atom is 0.118 e. The third kappa shape index (κ3) is 6.57. The molecule has 0 aliphatic carbocycles. The number of methoxy groups -OCH3 is 2. The predicted octanol–water partition coefficient (Wildman–Crippen LogP) is 1.87. The Morgan fingerprint density at radius 1 is 1.05 bits per heavy atom. The van der Waals surface area contributed by atoms with E-state index in [1.54, 1.807) is 14.2 Å². The van der Waals surface area contributed by atoms with Gasteiger partial charge in [0.15, 0.2) is 0 Å². The van der Waals surface area contributed by atoms with Crippen molar-refractivity contribution >= 4 is 0 Å². The van der Waals surface area contributed by atoms with Crippen molar-refractivity contribution in [3.63, 3.8) is 0 Å². The first-order valence-electron chi connectivity index (χ1n) is 6.69. The first kappa shape index (κ1) is 16.0. The van der Waals surface area contributed by atoms with Crippen LogP contribution in [-0.2, 0) is 15.9 Å². The van der Waals surface area contributed by atoms with Crippen LogP contribution in [0.4, 0.5) is 0 Å². The largest absolute Gasteiger partial charge is 0.497 e. The van der Waals surface area contributed by atoms with Gasteiger partial charge in [0.05, 0.1) is 20.3 Å². The van der Waals surface area contributed by atoms with Crippen LogP contribution >= 0.6 is 0 Å². The van der Waals surface area contributed by atoms with Gasteiger partial charge in [-0.25, -0.2) is 0 Å². The minimum atomic E-state index is 0.455. The van der Waals surface area contributed by atoms with Crippen molar-refractivity contribution in [3.8, 4) is 5.75 Å². The van der Waals surface area contributed by atoms with Crippen LogP contribution in [0, 0.1) is 5.92 Å². The summed E-state index contributed by atoms with van der Waals surface area (Å²) < 4.78 is 15.6. The maximum absolute atomic E-state index is 5.81. The highest BCUT2D eigenvalue weighted by molar-refractivity contribution is 5.27. The van der Waals surface area contributed by atoms with Crippen molar-refractivity contribution in [2.24, 2.45) is 11.7 Å². The van der Waals surface area contributed by atoms with Gasteiger partial charge < -0.3 is 19.9 Å². The lowest BCUT2D eigenvalue weighted by molar-refractivity contribution is 0.0641. The third-order valence-corrected chi connectivity index (χ3v) is 3.12. The van der Waals surface area contributed by atoms with Gasteiger partial charge in [0.1, 0.15) is 5.75 Å². The first-order valence-corrected chi connectivity index (χ1v) is 6.69. The molecule has 1 rings (SSSR count). The molecule has 0 saturated heterocycles. The smallest absolute Gasteiger partial charge is 0.118 e. The summed E-state index contributed by atoms with van der Waals surface area (Å²) in [4.78, 5) is 0. The highest BCUT2D eigenvalue weighted by Crippen LogP contribution is 2.16. The van der Waals surface area contributed by atoms with E-state index in [9.17, 15) is 0 Å². The molecule has 0 radical (unpaired) electrons. The van der Waals surface area contributed by atoms with Crippen LogP contribution < -0.4 is 10.5 Å². The average Bonchev–Trinajstić information content (AvgIpc) is 2.46. The van der Waals surface area contributed by atoms with Crippen LogP contribution in [0.5, 0.6) is 5.75 Å². The molecule has 4 nitrogen and oxygen atoms in total. The molecule has 0 aliphatic heterocycles. The van der Waals surface area contributed by atoms with Crippen molar-refractivity contribution < 1.29 is 14.2 Å². The summed E-state index contributed by atoms with van der Waals surface area (Å²) in [6.45, 7) is 2.71. The Morgan fingerprint density at radius 3 is 2.37 bits per heavy atom. The molecule has 0 aromatic heterocycles. The van der Waals surface area contributed by atoms with E-state index in [2.05, 4.69) is 12.1 Å². The molecule has 4 heteroatoms. The summed E-state index contributed by atoms with van der Waals surface area (Å²) in [6.07, 6.45) is 1.96. The topological polar surface area (TPSA) is 53.7 Å². The fourth-order valence-electron chi connectivity index (χ4n) is 1.89. The molecule has 0 bridgehead atoms. The number of hydrogen-bond acceptors (Lipinski definition) is 4. The van der Waals surface area contributed by atoms with E-state index in [1.165, 1.54) is 5.56 Å². The SMILES string of the molecule is COCCOCCC(CN)Cc1ccc(OC)cc1. The summed E-state index contributed by atoms with van der Waals surface area (Å²) >= 11 is 0. The van der Waals surface area contributed by atoms with E-state index in [0.29, 0.717) is 25.7 Å². The number of benzene rings is 1. The van der Waals surface area contributed by atoms with Crippen molar-refractivity contribution in [1.29, 1.82) is 0 Å². The summed E-state index contributed by atoms with van der Waals surface area (Å²) in [5, 5.41) is 0. The van der Waals surface area contributed by atoms with E-state index >= 15 is 0 Å². The Hall–Kier alpha value is -1.10. The average molecular weight is 267 g/mol. The zero-order chi connectivity index (χ0) is 13.9. The molecule has 1 unspecified atom stereocenters. The van der Waals surface area contributed by atoms with E-state index in [4.69, 9.17) is 19.9 Å². The van der Waals surface area contributed by atoms with Gasteiger partial charge in [0.2, 0.25) is 0 Å². The Balaban J connectivity index is 2.30. The normalized spacial score (nSPS) is 12.4. The van der Waals surface area contributed by atoms with E-state index in [1.807, 2.05) is 12.1 Å². The molecule has 1 aromatic carbocycles. The van der Waals surface area contributed by atoms with Gasteiger partial charge in [-0.2, -0.15) is 0 Å². The maximum atomic E-state index is 5.81. The molecule has 108 valence electrons. The van der Waals surface area contributed by atoms with Crippen LogP contribution in [0.25, 0.3) is 0 Å². The van der Waals surface area contributed by atoms with Crippen molar-refractivity contribution in [1.82, 2.24) is 0 Å². The van der Waals surface area contributed by atoms with E-state index < -0.39 is 0 Å². The predicted molar refractivity (Wildman–Crippen MR) is 76.6 cm³/mol. The molecule has 1 atom stereocenters. The van der Waals surface area contributed by atoms with Gasteiger partial charge in [-0.1, -0.05) is 12.1 Å². The fraction of sp³-hybridized carbons (Fsp3) is 0.600. The number of ether oxygens (including phenoxy) is 3. The van der Waals surface area contributed by atoms with Gasteiger partial charge in [-0.3, -0.25) is 0 Å². The summed E-state index contributed by atoms with van der Waals surface area (Å²) in [5.41, 5.74) is 7.10. The van der Waals surface area contributed by atoms with Gasteiger partial charge in [0, 0.05) is 13.7 Å². The molecule has 0 amide bonds. The second-order valence-electron chi connectivity index (χ2n) is 4.55. The van der Waals surface area contributed by atoms with Crippen LogP contribution in [0.1, 0.15) is 12.0 Å². The molecule has 0 heterocycles. The first-order chi connectivity index (χ1) is 9.30. The summed E-state index contributed by atoms with van der Waals surface area (Å²) in [5.74, 6) is 1.34. The lowest BCUT2D eigenvalue weighted by Crippen LogP contribution is -2.19. The number of hydrogen-bond donors (Lipinski definition) is 1. The quantitative estimate of drug-likeness (QED) is 0.658. The lowest BCUT2D eigenvalue weighted by Gasteiger charge is -2.15. The van der Waals surface area contributed by atoms with Crippen molar-refractivity contribution in [2.45, 2.75) is 12.8 Å². The highest BCUT2D eigenvalue weighted by Gasteiger charge is 2.08. The molecule has 0 spiro atoms. The monoisotopic (exact) mass is 267 g/mol.